The molecule has 1 saturated heterocycles. The first-order valence-corrected chi connectivity index (χ1v) is 6.63. The lowest BCUT2D eigenvalue weighted by Gasteiger charge is -2.13. The summed E-state index contributed by atoms with van der Waals surface area (Å²) >= 11 is 0. The minimum absolute atomic E-state index is 0.0456. The van der Waals surface area contributed by atoms with E-state index in [2.05, 4.69) is 5.32 Å². The molecular weight excluding hydrogens is 244 g/mol. The molecule has 0 aliphatic carbocycles. The normalized spacial score (nSPS) is 18.3. The molecule has 1 heterocycles. The molecule has 1 aromatic rings. The lowest BCUT2D eigenvalue weighted by atomic mass is 10.1. The second kappa shape index (κ2) is 7.11. The molecule has 5 heteroatoms. The van der Waals surface area contributed by atoms with E-state index < -0.39 is 0 Å². The van der Waals surface area contributed by atoms with Crippen molar-refractivity contribution in [3.63, 3.8) is 0 Å². The Balaban J connectivity index is 1.91. The van der Waals surface area contributed by atoms with Gasteiger partial charge in [-0.1, -0.05) is 12.1 Å². The number of rotatable bonds is 6. The molecule has 0 saturated carbocycles. The van der Waals surface area contributed by atoms with Crippen LogP contribution in [0.1, 0.15) is 19.3 Å². The monoisotopic (exact) mass is 264 g/mol. The summed E-state index contributed by atoms with van der Waals surface area (Å²) in [5, 5.41) is 2.86. The van der Waals surface area contributed by atoms with E-state index in [-0.39, 0.29) is 12.0 Å². The summed E-state index contributed by atoms with van der Waals surface area (Å²) in [4.78, 5) is 11.9. The molecule has 1 unspecified atom stereocenters. The minimum atomic E-state index is -0.0456. The Morgan fingerprint density at radius 1 is 1.47 bits per heavy atom. The molecule has 0 bridgehead atoms. The van der Waals surface area contributed by atoms with Gasteiger partial charge in [0.15, 0.2) is 0 Å². The number of nitrogens with two attached hydrogens (primary N) is 1. The number of nitrogens with one attached hydrogen (secondary N) is 1. The smallest absolute Gasteiger partial charge is 0.227 e. The van der Waals surface area contributed by atoms with E-state index in [0.717, 1.165) is 19.4 Å². The summed E-state index contributed by atoms with van der Waals surface area (Å²) in [5.74, 6) is 0.601. The molecule has 0 radical (unpaired) electrons. The summed E-state index contributed by atoms with van der Waals surface area (Å²) in [5.41, 5.74) is 6.09. The van der Waals surface area contributed by atoms with Crippen molar-refractivity contribution >= 4 is 11.6 Å². The molecular formula is C14H20N2O3. The van der Waals surface area contributed by atoms with Crippen LogP contribution in [-0.2, 0) is 9.53 Å². The quantitative estimate of drug-likeness (QED) is 0.817. The Bertz CT molecular complexity index is 417. The van der Waals surface area contributed by atoms with Gasteiger partial charge in [-0.25, -0.2) is 0 Å². The third kappa shape index (κ3) is 4.22. The first-order valence-electron chi connectivity index (χ1n) is 6.63. The molecule has 0 aromatic heterocycles. The first kappa shape index (κ1) is 13.8. The maximum atomic E-state index is 11.9. The largest absolute Gasteiger partial charge is 0.490 e. The standard InChI is InChI=1S/C14H20N2O3/c15-7-9-19-13-6-2-1-5-12(13)16-14(17)10-11-4-3-8-18-11/h1-2,5-6,11H,3-4,7-10,15H2,(H,16,17). The van der Waals surface area contributed by atoms with E-state index in [1.54, 1.807) is 0 Å². The van der Waals surface area contributed by atoms with Gasteiger partial charge in [-0.05, 0) is 25.0 Å². The van der Waals surface area contributed by atoms with E-state index in [9.17, 15) is 4.79 Å². The molecule has 1 aliphatic heterocycles. The zero-order valence-corrected chi connectivity index (χ0v) is 10.9. The molecule has 1 aromatic carbocycles. The second-order valence-corrected chi connectivity index (χ2v) is 4.52. The highest BCUT2D eigenvalue weighted by Gasteiger charge is 2.19. The Hall–Kier alpha value is -1.59. The van der Waals surface area contributed by atoms with Crippen LogP contribution in [0.4, 0.5) is 5.69 Å². The van der Waals surface area contributed by atoms with Crippen LogP contribution >= 0.6 is 0 Å². The van der Waals surface area contributed by atoms with E-state index in [1.165, 1.54) is 0 Å². The van der Waals surface area contributed by atoms with Crippen LogP contribution in [0.15, 0.2) is 24.3 Å². The van der Waals surface area contributed by atoms with Crippen molar-refractivity contribution in [2.75, 3.05) is 25.1 Å². The Morgan fingerprint density at radius 3 is 3.05 bits per heavy atom. The number of carbonyl (C=O) groups excluding carboxylic acids is 1. The zero-order valence-electron chi connectivity index (χ0n) is 10.9. The molecule has 1 aliphatic rings. The fourth-order valence-corrected chi connectivity index (χ4v) is 2.08. The van der Waals surface area contributed by atoms with Gasteiger partial charge in [0.2, 0.25) is 5.91 Å². The van der Waals surface area contributed by atoms with Gasteiger partial charge >= 0.3 is 0 Å². The number of ether oxygens (including phenoxy) is 2. The van der Waals surface area contributed by atoms with Crippen LogP contribution in [0, 0.1) is 0 Å². The van der Waals surface area contributed by atoms with Crippen LogP contribution in [0.25, 0.3) is 0 Å². The van der Waals surface area contributed by atoms with Crippen LogP contribution < -0.4 is 15.8 Å². The van der Waals surface area contributed by atoms with Gasteiger partial charge in [-0.3, -0.25) is 4.79 Å². The van der Waals surface area contributed by atoms with Crippen molar-refractivity contribution in [3.8, 4) is 5.75 Å². The zero-order chi connectivity index (χ0) is 13.5. The van der Waals surface area contributed by atoms with Crippen molar-refractivity contribution in [2.24, 2.45) is 5.73 Å². The van der Waals surface area contributed by atoms with Crippen molar-refractivity contribution in [1.82, 2.24) is 0 Å². The number of para-hydroxylation sites is 2. The Kier molecular flexibility index (Phi) is 5.18. The molecule has 0 spiro atoms. The van der Waals surface area contributed by atoms with Crippen LogP contribution in [0.2, 0.25) is 0 Å². The second-order valence-electron chi connectivity index (χ2n) is 4.52. The van der Waals surface area contributed by atoms with Crippen LogP contribution in [-0.4, -0.2) is 31.8 Å². The SMILES string of the molecule is NCCOc1ccccc1NC(=O)CC1CCCO1. The molecule has 3 N–H and O–H groups in total. The molecule has 2 rings (SSSR count). The molecule has 5 nitrogen and oxygen atoms in total. The number of benzene rings is 1. The van der Waals surface area contributed by atoms with Gasteiger partial charge in [-0.2, -0.15) is 0 Å². The van der Waals surface area contributed by atoms with Gasteiger partial charge in [0.05, 0.1) is 18.2 Å². The van der Waals surface area contributed by atoms with E-state index >= 15 is 0 Å². The topological polar surface area (TPSA) is 73.6 Å². The lowest BCUT2D eigenvalue weighted by molar-refractivity contribution is -0.118. The molecule has 19 heavy (non-hydrogen) atoms. The highest BCUT2D eigenvalue weighted by Crippen LogP contribution is 2.24. The average Bonchev–Trinajstić information content (AvgIpc) is 2.90. The third-order valence-corrected chi connectivity index (χ3v) is 2.97. The fourth-order valence-electron chi connectivity index (χ4n) is 2.08. The van der Waals surface area contributed by atoms with Crippen molar-refractivity contribution in [2.45, 2.75) is 25.4 Å². The average molecular weight is 264 g/mol. The first-order chi connectivity index (χ1) is 9.29. The summed E-state index contributed by atoms with van der Waals surface area (Å²) in [6.45, 7) is 1.63. The number of carbonyl (C=O) groups is 1. The summed E-state index contributed by atoms with van der Waals surface area (Å²) in [7, 11) is 0. The Morgan fingerprint density at radius 2 is 2.32 bits per heavy atom. The van der Waals surface area contributed by atoms with E-state index in [0.29, 0.717) is 31.0 Å². The van der Waals surface area contributed by atoms with Gasteiger partial charge in [0, 0.05) is 13.2 Å². The maximum Gasteiger partial charge on any atom is 0.227 e. The Labute approximate surface area is 113 Å². The molecule has 1 atom stereocenters. The van der Waals surface area contributed by atoms with Gasteiger partial charge in [0.1, 0.15) is 12.4 Å². The minimum Gasteiger partial charge on any atom is -0.490 e. The predicted octanol–water partition coefficient (Wildman–Crippen LogP) is 1.53. The molecule has 1 fully saturated rings. The van der Waals surface area contributed by atoms with Gasteiger partial charge in [0.25, 0.3) is 0 Å². The number of hydrogen-bond acceptors (Lipinski definition) is 4. The predicted molar refractivity (Wildman–Crippen MR) is 73.2 cm³/mol. The maximum absolute atomic E-state index is 11.9. The van der Waals surface area contributed by atoms with Crippen molar-refractivity contribution in [3.05, 3.63) is 24.3 Å². The van der Waals surface area contributed by atoms with E-state index in [1.807, 2.05) is 24.3 Å². The summed E-state index contributed by atoms with van der Waals surface area (Å²) in [6.07, 6.45) is 2.44. The van der Waals surface area contributed by atoms with E-state index in [4.69, 9.17) is 15.2 Å². The van der Waals surface area contributed by atoms with Crippen LogP contribution in [0.3, 0.4) is 0 Å². The fraction of sp³-hybridized carbons (Fsp3) is 0.500. The van der Waals surface area contributed by atoms with Gasteiger partial charge < -0.3 is 20.5 Å². The summed E-state index contributed by atoms with van der Waals surface area (Å²) < 4.78 is 10.9. The lowest BCUT2D eigenvalue weighted by Crippen LogP contribution is -2.20. The molecule has 104 valence electrons. The number of amides is 1. The number of anilines is 1. The highest BCUT2D eigenvalue weighted by atomic mass is 16.5. The van der Waals surface area contributed by atoms with Crippen molar-refractivity contribution < 1.29 is 14.3 Å². The van der Waals surface area contributed by atoms with Gasteiger partial charge in [-0.15, -0.1) is 0 Å². The molecule has 1 amide bonds. The highest BCUT2D eigenvalue weighted by molar-refractivity contribution is 5.92. The number of hydrogen-bond donors (Lipinski definition) is 2. The third-order valence-electron chi connectivity index (χ3n) is 2.97. The summed E-state index contributed by atoms with van der Waals surface area (Å²) in [6, 6.07) is 7.36. The van der Waals surface area contributed by atoms with Crippen molar-refractivity contribution in [1.29, 1.82) is 0 Å². The van der Waals surface area contributed by atoms with Crippen LogP contribution in [0.5, 0.6) is 5.75 Å².